The number of anilines is 1. The zero-order valence-corrected chi connectivity index (χ0v) is 21.3. The highest BCUT2D eigenvalue weighted by Crippen LogP contribution is 2.43. The Balaban J connectivity index is 1.44. The van der Waals surface area contributed by atoms with Gasteiger partial charge in [-0.2, -0.15) is 5.26 Å². The largest absolute Gasteiger partial charge is 0.485 e. The zero-order valence-electron chi connectivity index (χ0n) is 19.6. The first-order valence-corrected chi connectivity index (χ1v) is 13.8. The third-order valence-electron chi connectivity index (χ3n) is 5.66. The first-order valence-electron chi connectivity index (χ1n) is 11.4. The molecule has 37 heavy (non-hydrogen) atoms. The summed E-state index contributed by atoms with van der Waals surface area (Å²) in [5.41, 5.74) is 1.70. The maximum absolute atomic E-state index is 13.4. The number of rotatable bonds is 7. The minimum absolute atomic E-state index is 0.0330. The average Bonchev–Trinajstić information content (AvgIpc) is 3.31. The van der Waals surface area contributed by atoms with Gasteiger partial charge in [0.15, 0.2) is 15.6 Å². The lowest BCUT2D eigenvalue weighted by Crippen LogP contribution is -2.26. The molecule has 1 amide bonds. The summed E-state index contributed by atoms with van der Waals surface area (Å²) in [5.74, 6) is 0.805. The minimum atomic E-state index is -3.40. The molecule has 2 aromatic carbocycles. The second-order valence-electron chi connectivity index (χ2n) is 8.09. The van der Waals surface area contributed by atoms with Crippen LogP contribution in [0.25, 0.3) is 10.6 Å². The Kier molecular flexibility index (Phi) is 6.69. The molecule has 11 heteroatoms. The summed E-state index contributed by atoms with van der Waals surface area (Å²) in [5, 5.41) is 13.2. The summed E-state index contributed by atoms with van der Waals surface area (Å²) < 4.78 is 41.7. The fourth-order valence-corrected chi connectivity index (χ4v) is 5.52. The zero-order chi connectivity index (χ0) is 26.0. The van der Waals surface area contributed by atoms with E-state index < -0.39 is 21.8 Å². The first kappa shape index (κ1) is 24.5. The van der Waals surface area contributed by atoms with E-state index in [2.05, 4.69) is 10.3 Å². The number of sulfone groups is 1. The van der Waals surface area contributed by atoms with Gasteiger partial charge in [0.25, 0.3) is 5.91 Å². The molecule has 0 bridgehead atoms. The number of amides is 1. The van der Waals surface area contributed by atoms with Crippen LogP contribution in [-0.2, 0) is 14.6 Å². The van der Waals surface area contributed by atoms with Gasteiger partial charge in [-0.3, -0.25) is 4.79 Å². The van der Waals surface area contributed by atoms with E-state index >= 15 is 0 Å². The summed E-state index contributed by atoms with van der Waals surface area (Å²) in [7, 11) is -3.40. The van der Waals surface area contributed by atoms with Crippen LogP contribution in [0, 0.1) is 11.3 Å². The lowest BCUT2D eigenvalue weighted by Gasteiger charge is -2.19. The van der Waals surface area contributed by atoms with Crippen LogP contribution >= 0.6 is 11.3 Å². The van der Waals surface area contributed by atoms with Crippen molar-refractivity contribution in [1.82, 2.24) is 4.98 Å². The number of hydrogen-bond donors (Lipinski definition) is 1. The van der Waals surface area contributed by atoms with Gasteiger partial charge in [-0.15, -0.1) is 0 Å². The van der Waals surface area contributed by atoms with Crippen LogP contribution in [0.4, 0.5) is 5.82 Å². The second kappa shape index (κ2) is 10.1. The van der Waals surface area contributed by atoms with Crippen LogP contribution < -0.4 is 19.5 Å². The van der Waals surface area contributed by atoms with Crippen LogP contribution in [-0.4, -0.2) is 38.3 Å². The molecule has 3 aliphatic heterocycles. The Hall–Kier alpha value is -4.14. The van der Waals surface area contributed by atoms with Crippen LogP contribution in [0.1, 0.15) is 24.2 Å². The van der Waals surface area contributed by atoms with Crippen molar-refractivity contribution in [2.75, 3.05) is 24.3 Å². The van der Waals surface area contributed by atoms with E-state index in [9.17, 15) is 13.2 Å². The smallest absolute Gasteiger partial charge is 0.271 e. The number of hydrogen-bond acceptors (Lipinski definition) is 9. The van der Waals surface area contributed by atoms with Crippen molar-refractivity contribution in [2.24, 2.45) is 0 Å². The van der Waals surface area contributed by atoms with E-state index in [-0.39, 0.29) is 10.6 Å². The van der Waals surface area contributed by atoms with E-state index in [1.54, 1.807) is 49.4 Å². The van der Waals surface area contributed by atoms with Crippen LogP contribution in [0.2, 0.25) is 0 Å². The number of carbonyl (C=O) groups is 1. The maximum Gasteiger partial charge on any atom is 0.271 e. The van der Waals surface area contributed by atoms with E-state index in [0.717, 1.165) is 5.56 Å². The summed E-state index contributed by atoms with van der Waals surface area (Å²) in [6, 6.07) is 18.0. The van der Waals surface area contributed by atoms with Crippen molar-refractivity contribution in [3.63, 3.8) is 0 Å². The highest BCUT2D eigenvalue weighted by molar-refractivity contribution is 7.91. The molecular formula is C26H21N3O6S2. The first-order chi connectivity index (χ1) is 17.9. The number of nitrogens with one attached hydrogen (secondary N) is 1. The van der Waals surface area contributed by atoms with Crippen LogP contribution in [0.3, 0.4) is 0 Å². The topological polar surface area (TPSA) is 128 Å². The number of benzene rings is 2. The molecule has 0 spiro atoms. The summed E-state index contributed by atoms with van der Waals surface area (Å²) >= 11 is 1.33. The van der Waals surface area contributed by atoms with Gasteiger partial charge in [-0.1, -0.05) is 30.4 Å². The van der Waals surface area contributed by atoms with Gasteiger partial charge >= 0.3 is 0 Å². The number of carbonyl (C=O) groups excluding carboxylic acids is 1. The van der Waals surface area contributed by atoms with E-state index in [1.165, 1.54) is 23.5 Å². The molecule has 9 nitrogen and oxygen atoms in total. The average molecular weight is 536 g/mol. The third kappa shape index (κ3) is 5.21. The van der Waals surface area contributed by atoms with Gasteiger partial charge in [-0.05, 0) is 48.5 Å². The molecule has 0 aliphatic carbocycles. The number of nitriles is 1. The van der Waals surface area contributed by atoms with Gasteiger partial charge in [0, 0.05) is 11.1 Å². The molecule has 0 saturated heterocycles. The highest BCUT2D eigenvalue weighted by Gasteiger charge is 2.26. The number of aromatic nitrogens is 1. The van der Waals surface area contributed by atoms with Crippen molar-refractivity contribution < 1.29 is 27.4 Å². The molecular weight excluding hydrogens is 514 g/mol. The Labute approximate surface area is 217 Å². The molecule has 0 radical (unpaired) electrons. The standard InChI is InChI=1S/C26H21N3O6S2/c1-2-37(31,32)20-9-5-17(6-10-20)23(35-19-7-3-16(15-27)4-8-19)24(30)28-22-14-18-13-21-26(34-12-11-33-21)36-25(18)29-22/h3-10,13-14,23H,2,11-12H2,1H3,(H,28,30). The molecule has 0 saturated carbocycles. The van der Waals surface area contributed by atoms with Crippen molar-refractivity contribution >= 4 is 32.9 Å². The van der Waals surface area contributed by atoms with Crippen LogP contribution in [0.15, 0.2) is 65.6 Å². The highest BCUT2D eigenvalue weighted by atomic mass is 32.2. The van der Waals surface area contributed by atoms with Crippen molar-refractivity contribution in [1.29, 1.82) is 5.26 Å². The quantitative estimate of drug-likeness (QED) is 0.368. The summed E-state index contributed by atoms with van der Waals surface area (Å²) in [6.07, 6.45) is -1.12. The Bertz CT molecular complexity index is 1520. The predicted octanol–water partition coefficient (Wildman–Crippen LogP) is 4.44. The fourth-order valence-electron chi connectivity index (χ4n) is 3.72. The minimum Gasteiger partial charge on any atom is -0.485 e. The second-order valence-corrected chi connectivity index (χ2v) is 11.3. The van der Waals surface area contributed by atoms with Gasteiger partial charge < -0.3 is 19.5 Å². The molecule has 2 aromatic rings. The van der Waals surface area contributed by atoms with Crippen molar-refractivity contribution in [3.05, 3.63) is 71.8 Å². The maximum atomic E-state index is 13.4. The number of fused-ring (bicyclic) bond motifs is 2. The van der Waals surface area contributed by atoms with Crippen LogP contribution in [0.5, 0.6) is 16.6 Å². The molecule has 1 unspecified atom stereocenters. The fraction of sp³-hybridized carbons (Fsp3) is 0.192. The summed E-state index contributed by atoms with van der Waals surface area (Å²) in [6.45, 7) is 2.50. The number of ether oxygens (including phenoxy) is 3. The molecule has 5 rings (SSSR count). The number of nitrogens with zero attached hydrogens (tertiary/aromatic N) is 2. The Morgan fingerprint density at radius 1 is 1.14 bits per heavy atom. The Morgan fingerprint density at radius 2 is 1.86 bits per heavy atom. The van der Waals surface area contributed by atoms with Gasteiger partial charge in [-0.25, -0.2) is 13.4 Å². The predicted molar refractivity (Wildman–Crippen MR) is 137 cm³/mol. The monoisotopic (exact) mass is 535 g/mol. The SMILES string of the molecule is CCS(=O)(=O)c1ccc(C(Oc2ccc(C#N)cc2)C(=O)Nc2cc3cc4c(sc-3n2)OCCO4)cc1. The Morgan fingerprint density at radius 3 is 2.57 bits per heavy atom. The van der Waals surface area contributed by atoms with E-state index in [0.29, 0.717) is 51.7 Å². The normalized spacial score (nSPS) is 13.5. The van der Waals surface area contributed by atoms with Crippen molar-refractivity contribution in [2.45, 2.75) is 17.9 Å². The van der Waals surface area contributed by atoms with Gasteiger partial charge in [0.05, 0.1) is 22.3 Å². The van der Waals surface area contributed by atoms with E-state index in [4.69, 9.17) is 19.5 Å². The van der Waals surface area contributed by atoms with Crippen molar-refractivity contribution in [3.8, 4) is 33.2 Å². The third-order valence-corrected chi connectivity index (χ3v) is 8.44. The molecule has 3 heterocycles. The van der Waals surface area contributed by atoms with E-state index in [1.807, 2.05) is 12.1 Å². The molecule has 0 aromatic heterocycles. The molecule has 1 N–H and O–H groups in total. The van der Waals surface area contributed by atoms with Gasteiger partial charge in [0.2, 0.25) is 11.2 Å². The molecule has 0 fully saturated rings. The lowest BCUT2D eigenvalue weighted by molar-refractivity contribution is -0.123. The molecule has 188 valence electrons. The molecule has 3 aliphatic rings. The van der Waals surface area contributed by atoms with Gasteiger partial charge in [0.1, 0.15) is 29.8 Å². The summed E-state index contributed by atoms with van der Waals surface area (Å²) in [4.78, 5) is 18.1. The molecule has 1 atom stereocenters. The lowest BCUT2D eigenvalue weighted by atomic mass is 10.1.